The number of ether oxygens (including phenoxy) is 2. The predicted molar refractivity (Wildman–Crippen MR) is 105 cm³/mol. The lowest BCUT2D eigenvalue weighted by Crippen LogP contribution is -2.26. The largest absolute Gasteiger partial charge is 0.490 e. The van der Waals surface area contributed by atoms with Crippen molar-refractivity contribution in [2.45, 2.75) is 30.3 Å². The molecule has 0 bridgehead atoms. The van der Waals surface area contributed by atoms with Gasteiger partial charge in [0.05, 0.1) is 11.7 Å². The highest BCUT2D eigenvalue weighted by molar-refractivity contribution is 7.99. The molecule has 1 N–H and O–H groups in total. The summed E-state index contributed by atoms with van der Waals surface area (Å²) in [5.41, 5.74) is 0.543. The molecule has 144 valence electrons. The molecule has 1 fully saturated rings. The number of nitrogens with one attached hydrogen (secondary N) is 1. The van der Waals surface area contributed by atoms with Crippen molar-refractivity contribution in [1.82, 2.24) is 5.32 Å². The second kappa shape index (κ2) is 10.3. The van der Waals surface area contributed by atoms with Gasteiger partial charge < -0.3 is 14.8 Å². The smallest absolute Gasteiger partial charge is 0.255 e. The van der Waals surface area contributed by atoms with E-state index in [0.29, 0.717) is 24.5 Å². The Bertz CT molecular complexity index is 732. The summed E-state index contributed by atoms with van der Waals surface area (Å²) >= 11 is 1.65. The third-order valence-corrected chi connectivity index (χ3v) is 5.37. The van der Waals surface area contributed by atoms with Crippen molar-refractivity contribution in [3.05, 3.63) is 59.9 Å². The topological polar surface area (TPSA) is 47.6 Å². The van der Waals surface area contributed by atoms with Gasteiger partial charge in [0.2, 0.25) is 0 Å². The molecule has 4 nitrogen and oxygen atoms in total. The van der Waals surface area contributed by atoms with Gasteiger partial charge in [0.15, 0.2) is 0 Å². The van der Waals surface area contributed by atoms with Gasteiger partial charge in [-0.25, -0.2) is 4.39 Å². The van der Waals surface area contributed by atoms with Crippen molar-refractivity contribution in [3.8, 4) is 5.75 Å². The van der Waals surface area contributed by atoms with Gasteiger partial charge in [0.25, 0.3) is 5.91 Å². The van der Waals surface area contributed by atoms with Crippen LogP contribution in [-0.2, 0) is 4.74 Å². The number of thioether (sulfide) groups is 1. The molecule has 6 heteroatoms. The summed E-state index contributed by atoms with van der Waals surface area (Å²) in [7, 11) is 0. The standard InChI is InChI=1S/C21H24FNO3S/c22-16-8-10-18(11-9-16)27-14-4-12-23-21(24)19-6-1-2-7-20(19)26-15-17-5-3-13-25-17/h1-2,6-11,17H,3-5,12-15H2,(H,23,24). The molecule has 0 radical (unpaired) electrons. The third kappa shape index (κ3) is 6.26. The maximum absolute atomic E-state index is 12.9. The van der Waals surface area contributed by atoms with E-state index in [0.717, 1.165) is 36.5 Å². The number of rotatable bonds is 9. The number of carbonyl (C=O) groups is 1. The average molecular weight is 389 g/mol. The van der Waals surface area contributed by atoms with Crippen LogP contribution in [0.25, 0.3) is 0 Å². The van der Waals surface area contributed by atoms with Crippen LogP contribution in [0.5, 0.6) is 5.75 Å². The molecule has 1 unspecified atom stereocenters. The van der Waals surface area contributed by atoms with Gasteiger partial charge in [0.1, 0.15) is 18.2 Å². The summed E-state index contributed by atoms with van der Waals surface area (Å²) in [6, 6.07) is 13.7. The first-order chi connectivity index (χ1) is 13.2. The van der Waals surface area contributed by atoms with Crippen molar-refractivity contribution in [2.75, 3.05) is 25.5 Å². The van der Waals surface area contributed by atoms with Gasteiger partial charge >= 0.3 is 0 Å². The summed E-state index contributed by atoms with van der Waals surface area (Å²) < 4.78 is 24.3. The molecular weight excluding hydrogens is 365 g/mol. The molecule has 1 atom stereocenters. The number of carbonyl (C=O) groups excluding carboxylic acids is 1. The fraction of sp³-hybridized carbons (Fsp3) is 0.381. The first-order valence-corrected chi connectivity index (χ1v) is 10.2. The number of halogens is 1. The number of para-hydroxylation sites is 1. The van der Waals surface area contributed by atoms with Crippen molar-refractivity contribution in [2.24, 2.45) is 0 Å². The van der Waals surface area contributed by atoms with Crippen LogP contribution < -0.4 is 10.1 Å². The highest BCUT2D eigenvalue weighted by atomic mass is 32.2. The number of hydrogen-bond acceptors (Lipinski definition) is 4. The monoisotopic (exact) mass is 389 g/mol. The molecule has 1 aliphatic rings. The van der Waals surface area contributed by atoms with Crippen molar-refractivity contribution in [3.63, 3.8) is 0 Å². The van der Waals surface area contributed by atoms with E-state index in [9.17, 15) is 9.18 Å². The van der Waals surface area contributed by atoms with Crippen LogP contribution in [0.2, 0.25) is 0 Å². The molecule has 1 aliphatic heterocycles. The summed E-state index contributed by atoms with van der Waals surface area (Å²) in [4.78, 5) is 13.5. The second-order valence-corrected chi connectivity index (χ2v) is 7.52. The van der Waals surface area contributed by atoms with E-state index in [1.54, 1.807) is 30.0 Å². The fourth-order valence-electron chi connectivity index (χ4n) is 2.83. The third-order valence-electron chi connectivity index (χ3n) is 4.27. The van der Waals surface area contributed by atoms with E-state index in [2.05, 4.69) is 5.32 Å². The van der Waals surface area contributed by atoms with E-state index < -0.39 is 0 Å². The van der Waals surface area contributed by atoms with E-state index in [4.69, 9.17) is 9.47 Å². The highest BCUT2D eigenvalue weighted by Gasteiger charge is 2.18. The molecule has 0 aromatic heterocycles. The fourth-order valence-corrected chi connectivity index (χ4v) is 3.68. The maximum Gasteiger partial charge on any atom is 0.255 e. The van der Waals surface area contributed by atoms with Crippen LogP contribution in [0.15, 0.2) is 53.4 Å². The van der Waals surface area contributed by atoms with Crippen molar-refractivity contribution >= 4 is 17.7 Å². The second-order valence-electron chi connectivity index (χ2n) is 6.35. The van der Waals surface area contributed by atoms with Crippen LogP contribution in [0.3, 0.4) is 0 Å². The maximum atomic E-state index is 12.9. The average Bonchev–Trinajstić information content (AvgIpc) is 3.21. The van der Waals surface area contributed by atoms with Crippen LogP contribution in [-0.4, -0.2) is 37.5 Å². The minimum atomic E-state index is -0.230. The van der Waals surface area contributed by atoms with Gasteiger partial charge in [0, 0.05) is 18.0 Å². The Labute approximate surface area is 163 Å². The molecule has 2 aromatic carbocycles. The van der Waals surface area contributed by atoms with Crippen LogP contribution in [0.1, 0.15) is 29.6 Å². The van der Waals surface area contributed by atoms with Gasteiger partial charge in [-0.1, -0.05) is 12.1 Å². The number of amides is 1. The molecule has 0 spiro atoms. The summed E-state index contributed by atoms with van der Waals surface area (Å²) in [5.74, 6) is 1.08. The lowest BCUT2D eigenvalue weighted by atomic mass is 10.2. The van der Waals surface area contributed by atoms with Crippen LogP contribution in [0.4, 0.5) is 4.39 Å². The minimum absolute atomic E-state index is 0.115. The Morgan fingerprint density at radius 3 is 2.81 bits per heavy atom. The molecule has 1 saturated heterocycles. The Morgan fingerprint density at radius 1 is 1.22 bits per heavy atom. The Morgan fingerprint density at radius 2 is 2.04 bits per heavy atom. The van der Waals surface area contributed by atoms with Crippen molar-refractivity contribution in [1.29, 1.82) is 0 Å². The van der Waals surface area contributed by atoms with E-state index in [1.165, 1.54) is 12.1 Å². The zero-order valence-electron chi connectivity index (χ0n) is 15.2. The minimum Gasteiger partial charge on any atom is -0.490 e. The van der Waals surface area contributed by atoms with Gasteiger partial charge in [-0.3, -0.25) is 4.79 Å². The summed E-state index contributed by atoms with van der Waals surface area (Å²) in [6.45, 7) is 1.83. The van der Waals surface area contributed by atoms with Crippen molar-refractivity contribution < 1.29 is 18.7 Å². The lowest BCUT2D eigenvalue weighted by molar-refractivity contribution is 0.0670. The van der Waals surface area contributed by atoms with Gasteiger partial charge in [-0.15, -0.1) is 11.8 Å². The van der Waals surface area contributed by atoms with Gasteiger partial charge in [-0.05, 0) is 61.4 Å². The normalized spacial score (nSPS) is 16.3. The number of benzene rings is 2. The molecule has 3 rings (SSSR count). The molecule has 27 heavy (non-hydrogen) atoms. The quantitative estimate of drug-likeness (QED) is 0.513. The van der Waals surface area contributed by atoms with Crippen LogP contribution >= 0.6 is 11.8 Å². The predicted octanol–water partition coefficient (Wildman–Crippen LogP) is 4.30. The Balaban J connectivity index is 1.41. The molecule has 0 saturated carbocycles. The first kappa shape index (κ1) is 19.7. The molecule has 1 amide bonds. The van der Waals surface area contributed by atoms with E-state index in [1.807, 2.05) is 18.2 Å². The lowest BCUT2D eigenvalue weighted by Gasteiger charge is -2.14. The summed E-state index contributed by atoms with van der Waals surface area (Å²) in [6.07, 6.45) is 3.00. The first-order valence-electron chi connectivity index (χ1n) is 9.22. The molecular formula is C21H24FNO3S. The summed E-state index contributed by atoms with van der Waals surface area (Å²) in [5, 5.41) is 2.94. The van der Waals surface area contributed by atoms with Gasteiger partial charge in [-0.2, -0.15) is 0 Å². The SMILES string of the molecule is O=C(NCCCSc1ccc(F)cc1)c1ccccc1OCC1CCCO1. The van der Waals surface area contributed by atoms with E-state index in [-0.39, 0.29) is 17.8 Å². The highest BCUT2D eigenvalue weighted by Crippen LogP contribution is 2.21. The van der Waals surface area contributed by atoms with E-state index >= 15 is 0 Å². The number of hydrogen-bond donors (Lipinski definition) is 1. The zero-order chi connectivity index (χ0) is 18.9. The Kier molecular flexibility index (Phi) is 7.54. The molecule has 0 aliphatic carbocycles. The molecule has 2 aromatic rings. The Hall–Kier alpha value is -2.05. The zero-order valence-corrected chi connectivity index (χ0v) is 16.0. The van der Waals surface area contributed by atoms with Crippen LogP contribution in [0, 0.1) is 5.82 Å². The molecule has 1 heterocycles.